The van der Waals surface area contributed by atoms with Gasteiger partial charge < -0.3 is 14.7 Å². The molecule has 5 heteroatoms. The molecule has 2 aromatic carbocycles. The summed E-state index contributed by atoms with van der Waals surface area (Å²) in [4.78, 5) is 11.1. The molecule has 142 valence electrons. The molecule has 1 fully saturated rings. The predicted molar refractivity (Wildman–Crippen MR) is 109 cm³/mol. The molecule has 2 aliphatic rings. The van der Waals surface area contributed by atoms with Crippen molar-refractivity contribution in [3.8, 4) is 22.6 Å². The minimum atomic E-state index is 0.193. The third-order valence-electron chi connectivity index (χ3n) is 5.56. The van der Waals surface area contributed by atoms with Gasteiger partial charge in [0.25, 0.3) is 0 Å². The number of rotatable bonds is 3. The third kappa shape index (κ3) is 3.17. The Bertz CT molecular complexity index is 1030. The van der Waals surface area contributed by atoms with Crippen molar-refractivity contribution in [3.63, 3.8) is 0 Å². The highest BCUT2D eigenvalue weighted by Gasteiger charge is 2.27. The quantitative estimate of drug-likeness (QED) is 0.736. The first-order valence-electron chi connectivity index (χ1n) is 9.80. The van der Waals surface area contributed by atoms with Crippen LogP contribution in [0.5, 0.6) is 11.5 Å². The number of hydrogen-bond acceptors (Lipinski definition) is 5. The maximum atomic E-state index is 10.6. The molecule has 2 heterocycles. The third-order valence-corrected chi connectivity index (χ3v) is 5.56. The molecule has 0 amide bonds. The summed E-state index contributed by atoms with van der Waals surface area (Å²) in [6.45, 7) is 3.95. The van der Waals surface area contributed by atoms with Crippen LogP contribution in [0, 0.1) is 6.92 Å². The van der Waals surface area contributed by atoms with E-state index in [1.807, 2.05) is 12.1 Å². The van der Waals surface area contributed by atoms with E-state index in [9.17, 15) is 5.11 Å². The van der Waals surface area contributed by atoms with E-state index in [1.54, 1.807) is 12.4 Å². The molecule has 0 radical (unpaired) electrons. The van der Waals surface area contributed by atoms with Crippen molar-refractivity contribution in [2.24, 2.45) is 0 Å². The molecule has 1 aromatic heterocycles. The maximum absolute atomic E-state index is 10.6. The van der Waals surface area contributed by atoms with E-state index in [4.69, 9.17) is 4.74 Å². The molecule has 1 aliphatic carbocycles. The second-order valence-electron chi connectivity index (χ2n) is 7.64. The van der Waals surface area contributed by atoms with Crippen LogP contribution >= 0.6 is 0 Å². The number of benzene rings is 2. The van der Waals surface area contributed by atoms with E-state index < -0.39 is 0 Å². The Balaban J connectivity index is 1.52. The molecule has 0 unspecified atom stereocenters. The number of aryl methyl sites for hydroxylation is 1. The van der Waals surface area contributed by atoms with Gasteiger partial charge >= 0.3 is 0 Å². The Morgan fingerprint density at radius 1 is 1.11 bits per heavy atom. The number of ether oxygens (including phenoxy) is 1. The summed E-state index contributed by atoms with van der Waals surface area (Å²) >= 11 is 0. The smallest absolute Gasteiger partial charge is 0.166 e. The van der Waals surface area contributed by atoms with Crippen LogP contribution in [-0.2, 0) is 6.54 Å². The SMILES string of the molecule is Cc1ccccc1-c1cc(O)c2c(c1)CN(c1cc(C3CC3)ncn1)CCO2. The minimum absolute atomic E-state index is 0.193. The van der Waals surface area contributed by atoms with E-state index >= 15 is 0 Å². The normalized spacial score (nSPS) is 16.2. The molecule has 0 spiro atoms. The Hall–Kier alpha value is -3.08. The van der Waals surface area contributed by atoms with Gasteiger partial charge in [0.1, 0.15) is 18.8 Å². The van der Waals surface area contributed by atoms with Crippen molar-refractivity contribution in [2.75, 3.05) is 18.1 Å². The molecular formula is C23H23N3O2. The molecule has 28 heavy (non-hydrogen) atoms. The zero-order valence-corrected chi connectivity index (χ0v) is 15.9. The van der Waals surface area contributed by atoms with Crippen molar-refractivity contribution in [3.05, 3.63) is 65.6 Å². The highest BCUT2D eigenvalue weighted by Crippen LogP contribution is 2.41. The second kappa shape index (κ2) is 6.82. The van der Waals surface area contributed by atoms with Gasteiger partial charge in [-0.1, -0.05) is 24.3 Å². The Labute approximate surface area is 164 Å². The van der Waals surface area contributed by atoms with Gasteiger partial charge in [-0.2, -0.15) is 0 Å². The number of hydrogen-bond donors (Lipinski definition) is 1. The molecule has 1 saturated carbocycles. The van der Waals surface area contributed by atoms with Gasteiger partial charge in [-0.05, 0) is 48.6 Å². The van der Waals surface area contributed by atoms with Crippen molar-refractivity contribution in [1.29, 1.82) is 0 Å². The first-order valence-corrected chi connectivity index (χ1v) is 9.80. The Morgan fingerprint density at radius 2 is 1.96 bits per heavy atom. The zero-order chi connectivity index (χ0) is 19.1. The first kappa shape index (κ1) is 17.0. The zero-order valence-electron chi connectivity index (χ0n) is 15.9. The van der Waals surface area contributed by atoms with Gasteiger partial charge in [-0.3, -0.25) is 0 Å². The van der Waals surface area contributed by atoms with Crippen molar-refractivity contribution < 1.29 is 9.84 Å². The monoisotopic (exact) mass is 373 g/mol. The topological polar surface area (TPSA) is 58.5 Å². The van der Waals surface area contributed by atoms with Crippen LogP contribution in [0.4, 0.5) is 5.82 Å². The summed E-state index contributed by atoms with van der Waals surface area (Å²) < 4.78 is 5.91. The molecule has 0 atom stereocenters. The van der Waals surface area contributed by atoms with Gasteiger partial charge in [-0.15, -0.1) is 0 Å². The van der Waals surface area contributed by atoms with E-state index in [0.29, 0.717) is 24.8 Å². The van der Waals surface area contributed by atoms with Crippen LogP contribution in [0.25, 0.3) is 11.1 Å². The molecular weight excluding hydrogens is 350 g/mol. The van der Waals surface area contributed by atoms with Crippen LogP contribution in [0.2, 0.25) is 0 Å². The standard InChI is InChI=1S/C23H23N3O2/c1-15-4-2-3-5-19(15)17-10-18-13-26(8-9-28-23(18)21(27)11-17)22-12-20(16-6-7-16)24-14-25-22/h2-5,10-12,14,16,27H,6-9,13H2,1H3. The largest absolute Gasteiger partial charge is 0.504 e. The molecule has 1 aliphatic heterocycles. The lowest BCUT2D eigenvalue weighted by atomic mass is 9.98. The summed E-state index contributed by atoms with van der Waals surface area (Å²) in [6.07, 6.45) is 4.10. The summed E-state index contributed by atoms with van der Waals surface area (Å²) in [5.74, 6) is 2.29. The van der Waals surface area contributed by atoms with Gasteiger partial charge in [-0.25, -0.2) is 9.97 Å². The van der Waals surface area contributed by atoms with Crippen LogP contribution in [0.1, 0.15) is 35.6 Å². The van der Waals surface area contributed by atoms with Crippen LogP contribution < -0.4 is 9.64 Å². The van der Waals surface area contributed by atoms with E-state index in [-0.39, 0.29) is 5.75 Å². The molecule has 0 bridgehead atoms. The molecule has 3 aromatic rings. The number of anilines is 1. The van der Waals surface area contributed by atoms with Crippen molar-refractivity contribution in [1.82, 2.24) is 9.97 Å². The highest BCUT2D eigenvalue weighted by atomic mass is 16.5. The Morgan fingerprint density at radius 3 is 2.79 bits per heavy atom. The molecule has 5 nitrogen and oxygen atoms in total. The highest BCUT2D eigenvalue weighted by molar-refractivity contribution is 5.72. The van der Waals surface area contributed by atoms with Crippen LogP contribution in [0.15, 0.2) is 48.8 Å². The minimum Gasteiger partial charge on any atom is -0.504 e. The van der Waals surface area contributed by atoms with Crippen LogP contribution in [0.3, 0.4) is 0 Å². The van der Waals surface area contributed by atoms with Gasteiger partial charge in [0, 0.05) is 29.8 Å². The fraction of sp³-hybridized carbons (Fsp3) is 0.304. The molecule has 5 rings (SSSR count). The number of aromatic nitrogens is 2. The molecule has 0 saturated heterocycles. The van der Waals surface area contributed by atoms with Gasteiger partial charge in [0.15, 0.2) is 11.5 Å². The second-order valence-corrected chi connectivity index (χ2v) is 7.64. The number of aromatic hydroxyl groups is 1. The predicted octanol–water partition coefficient (Wildman–Crippen LogP) is 4.43. The fourth-order valence-electron chi connectivity index (χ4n) is 3.88. The van der Waals surface area contributed by atoms with E-state index in [2.05, 4.69) is 46.1 Å². The number of nitrogens with zero attached hydrogens (tertiary/aromatic N) is 3. The van der Waals surface area contributed by atoms with Gasteiger partial charge in [0.2, 0.25) is 0 Å². The summed E-state index contributed by atoms with van der Waals surface area (Å²) in [5, 5.41) is 10.6. The van der Waals surface area contributed by atoms with Crippen LogP contribution in [-0.4, -0.2) is 28.2 Å². The average molecular weight is 373 g/mol. The lowest BCUT2D eigenvalue weighted by Crippen LogP contribution is -2.26. The lowest BCUT2D eigenvalue weighted by molar-refractivity contribution is 0.311. The molecule has 1 N–H and O–H groups in total. The number of fused-ring (bicyclic) bond motifs is 1. The maximum Gasteiger partial charge on any atom is 0.166 e. The van der Waals surface area contributed by atoms with Crippen molar-refractivity contribution in [2.45, 2.75) is 32.2 Å². The van der Waals surface area contributed by atoms with Gasteiger partial charge in [0.05, 0.1) is 6.54 Å². The first-order chi connectivity index (χ1) is 13.7. The summed E-state index contributed by atoms with van der Waals surface area (Å²) in [6, 6.07) is 14.2. The fourth-order valence-corrected chi connectivity index (χ4v) is 3.88. The number of phenolic OH excluding ortho intramolecular Hbond substituents is 1. The Kier molecular flexibility index (Phi) is 4.15. The summed E-state index contributed by atoms with van der Waals surface area (Å²) in [5.41, 5.74) is 5.41. The number of phenols is 1. The lowest BCUT2D eigenvalue weighted by Gasteiger charge is -2.21. The van der Waals surface area contributed by atoms with E-state index in [1.165, 1.54) is 18.4 Å². The average Bonchev–Trinajstić information content (AvgIpc) is 3.55. The van der Waals surface area contributed by atoms with Crippen molar-refractivity contribution >= 4 is 5.82 Å². The summed E-state index contributed by atoms with van der Waals surface area (Å²) in [7, 11) is 0. The van der Waals surface area contributed by atoms with E-state index in [0.717, 1.165) is 34.7 Å².